The predicted octanol–water partition coefficient (Wildman–Crippen LogP) is 2.20. The number of halogens is 1. The van der Waals surface area contributed by atoms with E-state index >= 15 is 0 Å². The highest BCUT2D eigenvalue weighted by Crippen LogP contribution is 2.22. The number of para-hydroxylation sites is 1. The molecular formula is C10H8FNO2S. The van der Waals surface area contributed by atoms with Crippen molar-refractivity contribution >= 4 is 21.1 Å². The van der Waals surface area contributed by atoms with Gasteiger partial charge in [-0.05, 0) is 24.6 Å². The highest BCUT2D eigenvalue weighted by Gasteiger charge is 2.16. The third-order valence-corrected chi connectivity index (χ3v) is 2.93. The lowest BCUT2D eigenvalue weighted by atomic mass is 10.2. The minimum Gasteiger partial charge on any atom is -0.255 e. The monoisotopic (exact) mass is 225 g/mol. The lowest BCUT2D eigenvalue weighted by molar-refractivity contribution is 0.553. The summed E-state index contributed by atoms with van der Waals surface area (Å²) in [5.41, 5.74) is 1.07. The summed E-state index contributed by atoms with van der Waals surface area (Å²) in [7, 11) is -4.70. The zero-order valence-electron chi connectivity index (χ0n) is 7.94. The fourth-order valence-corrected chi connectivity index (χ4v) is 2.08. The van der Waals surface area contributed by atoms with Gasteiger partial charge in [-0.1, -0.05) is 12.1 Å². The van der Waals surface area contributed by atoms with E-state index in [1.165, 1.54) is 18.3 Å². The summed E-state index contributed by atoms with van der Waals surface area (Å²) in [6.45, 7) is 1.84. The number of nitrogens with zero attached hydrogens (tertiary/aromatic N) is 1. The first-order valence-corrected chi connectivity index (χ1v) is 5.67. The van der Waals surface area contributed by atoms with Crippen LogP contribution in [0, 0.1) is 6.92 Å². The molecule has 0 aliphatic rings. The molecule has 1 heterocycles. The molecule has 0 amide bonds. The van der Waals surface area contributed by atoms with Gasteiger partial charge in [0.1, 0.15) is 4.90 Å². The molecule has 0 N–H and O–H groups in total. The molecule has 0 spiro atoms. The number of benzene rings is 1. The number of hydrogen-bond donors (Lipinski definition) is 0. The largest absolute Gasteiger partial charge is 0.334 e. The van der Waals surface area contributed by atoms with Gasteiger partial charge in [0.15, 0.2) is 0 Å². The standard InChI is InChI=1S/C10H8FNO2S/c1-7-5-8-3-2-4-9(15(11,13)14)10(8)12-6-7/h2-6H,1H3. The quantitative estimate of drug-likeness (QED) is 0.699. The number of hydrogen-bond acceptors (Lipinski definition) is 3. The molecular weight excluding hydrogens is 217 g/mol. The Bertz CT molecular complexity index is 622. The zero-order chi connectivity index (χ0) is 11.1. The van der Waals surface area contributed by atoms with Crippen molar-refractivity contribution in [1.82, 2.24) is 4.98 Å². The zero-order valence-corrected chi connectivity index (χ0v) is 8.75. The maximum absolute atomic E-state index is 12.9. The van der Waals surface area contributed by atoms with Crippen LogP contribution in [0.4, 0.5) is 3.89 Å². The Labute approximate surface area is 86.8 Å². The molecule has 15 heavy (non-hydrogen) atoms. The Morgan fingerprint density at radius 1 is 1.33 bits per heavy atom. The summed E-state index contributed by atoms with van der Waals surface area (Å²) >= 11 is 0. The molecule has 2 aromatic rings. The first-order chi connectivity index (χ1) is 6.98. The van der Waals surface area contributed by atoms with E-state index in [9.17, 15) is 12.3 Å². The normalized spacial score (nSPS) is 11.9. The van der Waals surface area contributed by atoms with Crippen molar-refractivity contribution in [2.75, 3.05) is 0 Å². The van der Waals surface area contributed by atoms with Crippen molar-refractivity contribution in [2.45, 2.75) is 11.8 Å². The topological polar surface area (TPSA) is 47.0 Å². The van der Waals surface area contributed by atoms with Gasteiger partial charge in [-0.15, -0.1) is 3.89 Å². The van der Waals surface area contributed by atoms with Crippen molar-refractivity contribution in [3.05, 3.63) is 36.0 Å². The van der Waals surface area contributed by atoms with E-state index < -0.39 is 10.2 Å². The molecule has 1 aromatic carbocycles. The van der Waals surface area contributed by atoms with Crippen LogP contribution in [0.25, 0.3) is 10.9 Å². The van der Waals surface area contributed by atoms with E-state index in [0.717, 1.165) is 5.56 Å². The van der Waals surface area contributed by atoms with Crippen LogP contribution in [0.5, 0.6) is 0 Å². The van der Waals surface area contributed by atoms with Gasteiger partial charge in [0.05, 0.1) is 5.52 Å². The molecule has 2 rings (SSSR count). The average molecular weight is 225 g/mol. The molecule has 0 atom stereocenters. The van der Waals surface area contributed by atoms with Crippen molar-refractivity contribution in [3.63, 3.8) is 0 Å². The molecule has 0 unspecified atom stereocenters. The number of fused-ring (bicyclic) bond motifs is 1. The Morgan fingerprint density at radius 2 is 2.07 bits per heavy atom. The second-order valence-electron chi connectivity index (χ2n) is 3.28. The van der Waals surface area contributed by atoms with Gasteiger partial charge in [-0.2, -0.15) is 8.42 Å². The fraction of sp³-hybridized carbons (Fsp3) is 0.100. The lowest BCUT2D eigenvalue weighted by Crippen LogP contribution is -1.95. The van der Waals surface area contributed by atoms with E-state index in [1.54, 1.807) is 12.1 Å². The third kappa shape index (κ3) is 1.83. The van der Waals surface area contributed by atoms with E-state index in [2.05, 4.69) is 4.98 Å². The van der Waals surface area contributed by atoms with Crippen molar-refractivity contribution in [2.24, 2.45) is 0 Å². The predicted molar refractivity (Wildman–Crippen MR) is 54.8 cm³/mol. The van der Waals surface area contributed by atoms with Crippen LogP contribution in [0.2, 0.25) is 0 Å². The van der Waals surface area contributed by atoms with Crippen LogP contribution in [-0.2, 0) is 10.2 Å². The van der Waals surface area contributed by atoms with Crippen LogP contribution < -0.4 is 0 Å². The summed E-state index contributed by atoms with van der Waals surface area (Å²) in [6.07, 6.45) is 1.51. The smallest absolute Gasteiger partial charge is 0.255 e. The van der Waals surface area contributed by atoms with Crippen molar-refractivity contribution in [3.8, 4) is 0 Å². The maximum Gasteiger partial charge on any atom is 0.334 e. The van der Waals surface area contributed by atoms with Crippen LogP contribution in [0.15, 0.2) is 35.4 Å². The highest BCUT2D eigenvalue weighted by molar-refractivity contribution is 7.86. The van der Waals surface area contributed by atoms with Gasteiger partial charge < -0.3 is 0 Å². The highest BCUT2D eigenvalue weighted by atomic mass is 32.3. The third-order valence-electron chi connectivity index (χ3n) is 2.07. The lowest BCUT2D eigenvalue weighted by Gasteiger charge is -2.01. The number of aryl methyl sites for hydroxylation is 1. The van der Waals surface area contributed by atoms with Gasteiger partial charge in [0.2, 0.25) is 0 Å². The SMILES string of the molecule is Cc1cnc2c(S(=O)(=O)F)cccc2c1. The molecule has 0 saturated heterocycles. The first-order valence-electron chi connectivity index (χ1n) is 4.28. The van der Waals surface area contributed by atoms with Crippen LogP contribution in [-0.4, -0.2) is 13.4 Å². The Balaban J connectivity index is 2.89. The summed E-state index contributed by atoms with van der Waals surface area (Å²) < 4.78 is 34.5. The van der Waals surface area contributed by atoms with Crippen LogP contribution in [0.1, 0.15) is 5.56 Å². The summed E-state index contributed by atoms with van der Waals surface area (Å²) in [5, 5.41) is 0.619. The second kappa shape index (κ2) is 3.27. The van der Waals surface area contributed by atoms with Gasteiger partial charge in [0.25, 0.3) is 0 Å². The molecule has 3 nitrogen and oxygen atoms in total. The van der Waals surface area contributed by atoms with E-state index in [4.69, 9.17) is 0 Å². The molecule has 0 bridgehead atoms. The second-order valence-corrected chi connectivity index (χ2v) is 4.59. The number of aromatic nitrogens is 1. The maximum atomic E-state index is 12.9. The summed E-state index contributed by atoms with van der Waals surface area (Å²) in [6, 6.07) is 6.16. The van der Waals surface area contributed by atoms with Gasteiger partial charge >= 0.3 is 10.2 Å². The molecule has 0 radical (unpaired) electrons. The van der Waals surface area contributed by atoms with Gasteiger partial charge in [-0.25, -0.2) is 0 Å². The first kappa shape index (κ1) is 10.0. The molecule has 1 aromatic heterocycles. The Kier molecular flexibility index (Phi) is 2.19. The van der Waals surface area contributed by atoms with E-state index in [1.807, 2.05) is 6.92 Å². The minimum atomic E-state index is -4.70. The van der Waals surface area contributed by atoms with E-state index in [0.29, 0.717) is 5.39 Å². The minimum absolute atomic E-state index is 0.172. The molecule has 0 aliphatic heterocycles. The Hall–Kier alpha value is -1.49. The van der Waals surface area contributed by atoms with Crippen LogP contribution in [0.3, 0.4) is 0 Å². The molecule has 78 valence electrons. The molecule has 0 fully saturated rings. The van der Waals surface area contributed by atoms with Crippen LogP contribution >= 0.6 is 0 Å². The van der Waals surface area contributed by atoms with Gasteiger partial charge in [-0.3, -0.25) is 4.98 Å². The van der Waals surface area contributed by atoms with Crippen molar-refractivity contribution < 1.29 is 12.3 Å². The Morgan fingerprint density at radius 3 is 2.73 bits per heavy atom. The molecule has 0 saturated carbocycles. The summed E-state index contributed by atoms with van der Waals surface area (Å²) in [4.78, 5) is 3.55. The fourth-order valence-electron chi connectivity index (χ4n) is 1.44. The molecule has 0 aliphatic carbocycles. The summed E-state index contributed by atoms with van der Waals surface area (Å²) in [5.74, 6) is 0. The average Bonchev–Trinajstić information content (AvgIpc) is 2.15. The number of rotatable bonds is 1. The van der Waals surface area contributed by atoms with Gasteiger partial charge in [0, 0.05) is 11.6 Å². The number of pyridine rings is 1. The van der Waals surface area contributed by atoms with Crippen molar-refractivity contribution in [1.29, 1.82) is 0 Å². The molecule has 5 heteroatoms. The van der Waals surface area contributed by atoms with E-state index in [-0.39, 0.29) is 10.4 Å².